The summed E-state index contributed by atoms with van der Waals surface area (Å²) in [6, 6.07) is 16.2. The molecule has 0 bridgehead atoms. The Morgan fingerprint density at radius 2 is 1.77 bits per heavy atom. The van der Waals surface area contributed by atoms with Crippen molar-refractivity contribution < 1.29 is 4.74 Å². The molecule has 0 fully saturated rings. The zero-order valence-electron chi connectivity index (χ0n) is 16.8. The Balaban J connectivity index is 1.75. The van der Waals surface area contributed by atoms with Crippen LogP contribution in [0.2, 0.25) is 0 Å². The molecule has 0 radical (unpaired) electrons. The highest BCUT2D eigenvalue weighted by Gasteiger charge is 2.14. The van der Waals surface area contributed by atoms with Gasteiger partial charge in [-0.25, -0.2) is 0 Å². The molecule has 0 unspecified atom stereocenters. The molecule has 0 saturated carbocycles. The van der Waals surface area contributed by atoms with Crippen LogP contribution in [0, 0.1) is 0 Å². The van der Waals surface area contributed by atoms with Crippen molar-refractivity contribution in [2.75, 3.05) is 30.0 Å². The van der Waals surface area contributed by atoms with Gasteiger partial charge in [0, 0.05) is 44.0 Å². The van der Waals surface area contributed by atoms with Crippen LogP contribution in [0.1, 0.15) is 0 Å². The van der Waals surface area contributed by atoms with E-state index in [1.165, 1.54) is 6.07 Å². The van der Waals surface area contributed by atoms with E-state index in [-0.39, 0.29) is 11.6 Å². The van der Waals surface area contributed by atoms with Gasteiger partial charge < -0.3 is 25.3 Å². The van der Waals surface area contributed by atoms with E-state index in [9.17, 15) is 4.79 Å². The lowest BCUT2D eigenvalue weighted by atomic mass is 10.2. The Morgan fingerprint density at radius 1 is 1.03 bits per heavy atom. The van der Waals surface area contributed by atoms with Crippen molar-refractivity contribution in [1.29, 1.82) is 0 Å². The van der Waals surface area contributed by atoms with Crippen molar-refractivity contribution in [2.45, 2.75) is 0 Å². The summed E-state index contributed by atoms with van der Waals surface area (Å²) in [7, 11) is 5.36. The number of hydrogen-bond donors (Lipinski definition) is 2. The van der Waals surface area contributed by atoms with Crippen molar-refractivity contribution >= 4 is 34.2 Å². The van der Waals surface area contributed by atoms with Crippen LogP contribution < -0.4 is 26.2 Å². The van der Waals surface area contributed by atoms with Gasteiger partial charge in [0.2, 0.25) is 11.9 Å². The van der Waals surface area contributed by atoms with Gasteiger partial charge in [-0.15, -0.1) is 0 Å². The number of benzene rings is 2. The smallest absolute Gasteiger partial charge is 0.328 e. The van der Waals surface area contributed by atoms with E-state index in [1.54, 1.807) is 28.6 Å². The maximum Gasteiger partial charge on any atom is 0.328 e. The summed E-state index contributed by atoms with van der Waals surface area (Å²) in [4.78, 5) is 27.2. The lowest BCUT2D eigenvalue weighted by Crippen LogP contribution is -2.17. The van der Waals surface area contributed by atoms with Crippen LogP contribution >= 0.6 is 0 Å². The summed E-state index contributed by atoms with van der Waals surface area (Å²) < 4.78 is 7.52. The van der Waals surface area contributed by atoms with Crippen molar-refractivity contribution in [3.05, 3.63) is 65.0 Å². The Hall–Kier alpha value is -4.14. The number of rotatable bonds is 5. The molecule has 0 atom stereocenters. The number of aromatic nitrogens is 4. The number of nitrogen functional groups attached to an aromatic ring is 1. The summed E-state index contributed by atoms with van der Waals surface area (Å²) in [6.07, 6.45) is 0. The van der Waals surface area contributed by atoms with Gasteiger partial charge in [0.15, 0.2) is 0 Å². The molecule has 0 aliphatic carbocycles. The Labute approximate surface area is 172 Å². The first-order valence-electron chi connectivity index (χ1n) is 9.23. The number of anilines is 4. The zero-order chi connectivity index (χ0) is 21.3. The molecule has 3 N–H and O–H groups in total. The number of nitrogens with one attached hydrogen (secondary N) is 1. The van der Waals surface area contributed by atoms with E-state index >= 15 is 0 Å². The minimum absolute atomic E-state index is 0.0741. The third kappa shape index (κ3) is 3.86. The first kappa shape index (κ1) is 19.2. The zero-order valence-corrected chi connectivity index (χ0v) is 16.8. The number of ether oxygens (including phenoxy) is 1. The normalized spacial score (nSPS) is 10.8. The first-order chi connectivity index (χ1) is 14.4. The monoisotopic (exact) mass is 403 g/mol. The number of nitrogens with two attached hydrogens (primary N) is 1. The van der Waals surface area contributed by atoms with Gasteiger partial charge in [-0.1, -0.05) is 12.1 Å². The SMILES string of the molecule is CN(C)c1nc(Nc2ccc(N)cc2)nc(Oc2cc(=O)n(C)c3ccccc23)n1. The predicted molar refractivity (Wildman–Crippen MR) is 118 cm³/mol. The van der Waals surface area contributed by atoms with Crippen LogP contribution in [0.15, 0.2) is 59.4 Å². The summed E-state index contributed by atoms with van der Waals surface area (Å²) in [5, 5.41) is 3.90. The number of fused-ring (bicyclic) bond motifs is 1. The van der Waals surface area contributed by atoms with E-state index in [0.717, 1.165) is 16.6 Å². The Bertz CT molecular complexity index is 1270. The minimum Gasteiger partial charge on any atom is -0.423 e. The maximum absolute atomic E-state index is 12.4. The molecule has 9 heteroatoms. The number of hydrogen-bond acceptors (Lipinski definition) is 8. The number of nitrogens with zero attached hydrogens (tertiary/aromatic N) is 5. The molecule has 0 amide bonds. The molecule has 0 aliphatic heterocycles. The molecule has 152 valence electrons. The fourth-order valence-corrected chi connectivity index (χ4v) is 2.91. The molecule has 0 saturated heterocycles. The molecule has 0 spiro atoms. The van der Waals surface area contributed by atoms with Gasteiger partial charge in [0.05, 0.1) is 5.52 Å². The summed E-state index contributed by atoms with van der Waals surface area (Å²) >= 11 is 0. The molecule has 4 aromatic rings. The highest BCUT2D eigenvalue weighted by atomic mass is 16.5. The third-order valence-electron chi connectivity index (χ3n) is 4.49. The van der Waals surface area contributed by atoms with Crippen LogP contribution in [0.25, 0.3) is 10.9 Å². The standard InChI is InChI=1S/C21H21N7O2/c1-27(2)20-24-19(23-14-10-8-13(22)9-11-14)25-21(26-20)30-17-12-18(29)28(3)16-7-5-4-6-15(16)17/h4-12H,22H2,1-3H3,(H,23,24,25,26). The van der Waals surface area contributed by atoms with Gasteiger partial charge >= 0.3 is 6.01 Å². The van der Waals surface area contributed by atoms with Gasteiger partial charge in [-0.05, 0) is 36.4 Å². The molecule has 2 aromatic carbocycles. The minimum atomic E-state index is -0.189. The van der Waals surface area contributed by atoms with E-state index < -0.39 is 0 Å². The van der Waals surface area contributed by atoms with Gasteiger partial charge in [-0.3, -0.25) is 4.79 Å². The molecular formula is C21H21N7O2. The van der Waals surface area contributed by atoms with Crippen LogP contribution in [-0.4, -0.2) is 33.6 Å². The molecule has 2 heterocycles. The molecular weight excluding hydrogens is 382 g/mol. The van der Waals surface area contributed by atoms with Crippen LogP contribution in [-0.2, 0) is 7.05 Å². The van der Waals surface area contributed by atoms with E-state index in [4.69, 9.17) is 10.5 Å². The van der Waals surface area contributed by atoms with E-state index in [2.05, 4.69) is 20.3 Å². The van der Waals surface area contributed by atoms with Crippen LogP contribution in [0.5, 0.6) is 11.8 Å². The second-order valence-electron chi connectivity index (χ2n) is 6.91. The molecule has 9 nitrogen and oxygen atoms in total. The van der Waals surface area contributed by atoms with Crippen molar-refractivity contribution in [2.24, 2.45) is 7.05 Å². The first-order valence-corrected chi connectivity index (χ1v) is 9.23. The van der Waals surface area contributed by atoms with Gasteiger partial charge in [0.1, 0.15) is 5.75 Å². The maximum atomic E-state index is 12.4. The quantitative estimate of drug-likeness (QED) is 0.489. The van der Waals surface area contributed by atoms with Gasteiger partial charge in [-0.2, -0.15) is 15.0 Å². The number of para-hydroxylation sites is 1. The summed E-state index contributed by atoms with van der Waals surface area (Å²) in [5.41, 5.74) is 7.73. The molecule has 4 rings (SSSR count). The molecule has 0 aliphatic rings. The van der Waals surface area contributed by atoms with Gasteiger partial charge in [0.25, 0.3) is 5.56 Å². The lowest BCUT2D eigenvalue weighted by molar-refractivity contribution is 0.444. The van der Waals surface area contributed by atoms with Crippen molar-refractivity contribution in [1.82, 2.24) is 19.5 Å². The lowest BCUT2D eigenvalue weighted by Gasteiger charge is -2.15. The number of aryl methyl sites for hydroxylation is 1. The summed E-state index contributed by atoms with van der Waals surface area (Å²) in [5.74, 6) is 1.09. The topological polar surface area (TPSA) is 111 Å². The predicted octanol–water partition coefficient (Wildman–Crippen LogP) is 2.91. The molecule has 30 heavy (non-hydrogen) atoms. The second kappa shape index (κ2) is 7.70. The van der Waals surface area contributed by atoms with Crippen LogP contribution in [0.3, 0.4) is 0 Å². The average molecular weight is 403 g/mol. The van der Waals surface area contributed by atoms with E-state index in [1.807, 2.05) is 50.5 Å². The van der Waals surface area contributed by atoms with Crippen molar-refractivity contribution in [3.63, 3.8) is 0 Å². The largest absolute Gasteiger partial charge is 0.423 e. The second-order valence-corrected chi connectivity index (χ2v) is 6.91. The highest BCUT2D eigenvalue weighted by molar-refractivity contribution is 5.85. The Morgan fingerprint density at radius 3 is 2.50 bits per heavy atom. The highest BCUT2D eigenvalue weighted by Crippen LogP contribution is 2.28. The average Bonchev–Trinajstić information content (AvgIpc) is 2.73. The Kier molecular flexibility index (Phi) is 4.93. The third-order valence-corrected chi connectivity index (χ3v) is 4.49. The van der Waals surface area contributed by atoms with E-state index in [0.29, 0.717) is 23.3 Å². The van der Waals surface area contributed by atoms with Crippen molar-refractivity contribution in [3.8, 4) is 11.8 Å². The summed E-state index contributed by atoms with van der Waals surface area (Å²) in [6.45, 7) is 0. The fraction of sp³-hybridized carbons (Fsp3) is 0.143. The van der Waals surface area contributed by atoms with Crippen LogP contribution in [0.4, 0.5) is 23.3 Å². The molecule has 2 aromatic heterocycles. The fourth-order valence-electron chi connectivity index (χ4n) is 2.91. The number of pyridine rings is 1.